The summed E-state index contributed by atoms with van der Waals surface area (Å²) >= 11 is 8.04. The van der Waals surface area contributed by atoms with E-state index in [-0.39, 0.29) is 0 Å². The Labute approximate surface area is 100 Å². The average Bonchev–Trinajstić information content (AvgIpc) is 2.29. The van der Waals surface area contributed by atoms with Crippen LogP contribution in [0.15, 0.2) is 24.3 Å². The van der Waals surface area contributed by atoms with Crippen molar-refractivity contribution in [2.75, 3.05) is 18.1 Å². The second-order valence-corrected chi connectivity index (χ2v) is 5.61. The molecule has 1 aliphatic rings. The van der Waals surface area contributed by atoms with Crippen molar-refractivity contribution < 1.29 is 0 Å². The molecule has 0 aromatic heterocycles. The van der Waals surface area contributed by atoms with Crippen molar-refractivity contribution >= 4 is 23.4 Å². The fraction of sp³-hybridized carbons (Fsp3) is 0.500. The summed E-state index contributed by atoms with van der Waals surface area (Å²) in [5, 5.41) is 0.835. The summed E-state index contributed by atoms with van der Waals surface area (Å²) in [4.78, 5) is 0. The highest BCUT2D eigenvalue weighted by atomic mass is 35.5. The molecule has 0 aliphatic carbocycles. The zero-order valence-electron chi connectivity index (χ0n) is 8.66. The second kappa shape index (κ2) is 5.24. The summed E-state index contributed by atoms with van der Waals surface area (Å²) in [6, 6.07) is 8.23. The molecule has 1 aromatic rings. The van der Waals surface area contributed by atoms with E-state index in [4.69, 9.17) is 17.3 Å². The minimum absolute atomic E-state index is 0.606. The molecule has 1 saturated heterocycles. The van der Waals surface area contributed by atoms with Gasteiger partial charge in [-0.2, -0.15) is 11.8 Å². The first-order valence-electron chi connectivity index (χ1n) is 5.34. The summed E-state index contributed by atoms with van der Waals surface area (Å²) in [6.45, 7) is 0.782. The number of hydrogen-bond donors (Lipinski definition) is 1. The molecule has 2 rings (SSSR count). The van der Waals surface area contributed by atoms with E-state index in [1.807, 2.05) is 23.9 Å². The van der Waals surface area contributed by atoms with Crippen molar-refractivity contribution in [3.05, 3.63) is 34.9 Å². The monoisotopic (exact) mass is 241 g/mol. The maximum Gasteiger partial charge on any atom is 0.0408 e. The Morgan fingerprint density at radius 1 is 1.47 bits per heavy atom. The van der Waals surface area contributed by atoms with Gasteiger partial charge in [0, 0.05) is 5.02 Å². The lowest BCUT2D eigenvalue weighted by molar-refractivity contribution is 0.455. The van der Waals surface area contributed by atoms with Gasteiger partial charge in [0.2, 0.25) is 0 Å². The quantitative estimate of drug-likeness (QED) is 0.861. The fourth-order valence-corrected chi connectivity index (χ4v) is 3.66. The van der Waals surface area contributed by atoms with E-state index < -0.39 is 0 Å². The van der Waals surface area contributed by atoms with Gasteiger partial charge in [-0.15, -0.1) is 0 Å². The van der Waals surface area contributed by atoms with Crippen molar-refractivity contribution in [3.63, 3.8) is 0 Å². The Balaban J connectivity index is 2.20. The Morgan fingerprint density at radius 3 is 3.07 bits per heavy atom. The molecule has 0 radical (unpaired) electrons. The first-order valence-corrected chi connectivity index (χ1v) is 6.88. The van der Waals surface area contributed by atoms with Crippen molar-refractivity contribution in [3.8, 4) is 0 Å². The first kappa shape index (κ1) is 11.3. The molecule has 1 heterocycles. The molecule has 82 valence electrons. The van der Waals surface area contributed by atoms with Crippen molar-refractivity contribution in [1.29, 1.82) is 0 Å². The Hall–Kier alpha value is -0.180. The third-order valence-corrected chi connectivity index (χ3v) is 4.48. The van der Waals surface area contributed by atoms with Crippen LogP contribution in [0.1, 0.15) is 17.9 Å². The van der Waals surface area contributed by atoms with Crippen LogP contribution in [0.3, 0.4) is 0 Å². The smallest absolute Gasteiger partial charge is 0.0408 e. The molecule has 0 saturated carbocycles. The molecular weight excluding hydrogens is 226 g/mol. The highest BCUT2D eigenvalue weighted by molar-refractivity contribution is 7.99. The fourth-order valence-electron chi connectivity index (χ4n) is 2.21. The Morgan fingerprint density at radius 2 is 2.33 bits per heavy atom. The number of nitrogens with two attached hydrogens (primary N) is 1. The molecule has 0 bridgehead atoms. The van der Waals surface area contributed by atoms with E-state index in [1.165, 1.54) is 23.5 Å². The SMILES string of the molecule is NCC1CSCCC1c1cccc(Cl)c1. The van der Waals surface area contributed by atoms with Gasteiger partial charge in [0.05, 0.1) is 0 Å². The van der Waals surface area contributed by atoms with Gasteiger partial charge >= 0.3 is 0 Å². The van der Waals surface area contributed by atoms with Crippen LogP contribution >= 0.6 is 23.4 Å². The van der Waals surface area contributed by atoms with Crippen LogP contribution in [-0.2, 0) is 0 Å². The molecule has 2 unspecified atom stereocenters. The van der Waals surface area contributed by atoms with Crippen LogP contribution in [0, 0.1) is 5.92 Å². The molecule has 15 heavy (non-hydrogen) atoms. The average molecular weight is 242 g/mol. The van der Waals surface area contributed by atoms with Crippen molar-refractivity contribution in [2.45, 2.75) is 12.3 Å². The zero-order chi connectivity index (χ0) is 10.7. The van der Waals surface area contributed by atoms with Crippen LogP contribution in [0.2, 0.25) is 5.02 Å². The van der Waals surface area contributed by atoms with Gasteiger partial charge < -0.3 is 5.73 Å². The van der Waals surface area contributed by atoms with Gasteiger partial charge in [-0.3, -0.25) is 0 Å². The zero-order valence-corrected chi connectivity index (χ0v) is 10.2. The summed E-state index contributed by atoms with van der Waals surface area (Å²) < 4.78 is 0. The standard InChI is InChI=1S/C12H16ClNS/c13-11-3-1-2-9(6-11)12-4-5-15-8-10(12)7-14/h1-3,6,10,12H,4-5,7-8,14H2. The Kier molecular flexibility index (Phi) is 3.95. The lowest BCUT2D eigenvalue weighted by Crippen LogP contribution is -2.28. The van der Waals surface area contributed by atoms with E-state index in [1.54, 1.807) is 0 Å². The summed E-state index contributed by atoms with van der Waals surface area (Å²) in [5.41, 5.74) is 7.18. The normalized spacial score (nSPS) is 26.5. The number of hydrogen-bond acceptors (Lipinski definition) is 2. The van der Waals surface area contributed by atoms with E-state index in [2.05, 4.69) is 12.1 Å². The van der Waals surface area contributed by atoms with Crippen LogP contribution in [0.25, 0.3) is 0 Å². The molecule has 1 aliphatic heterocycles. The topological polar surface area (TPSA) is 26.0 Å². The van der Waals surface area contributed by atoms with E-state index in [0.717, 1.165) is 11.6 Å². The molecule has 1 aromatic carbocycles. The van der Waals surface area contributed by atoms with Crippen molar-refractivity contribution in [2.24, 2.45) is 11.7 Å². The van der Waals surface area contributed by atoms with Gasteiger partial charge in [0.25, 0.3) is 0 Å². The van der Waals surface area contributed by atoms with Crippen LogP contribution < -0.4 is 5.73 Å². The minimum atomic E-state index is 0.606. The second-order valence-electron chi connectivity index (χ2n) is 4.02. The van der Waals surface area contributed by atoms with Gasteiger partial charge in [-0.1, -0.05) is 23.7 Å². The number of thioether (sulfide) groups is 1. The number of halogens is 1. The Bertz CT molecular complexity index is 329. The van der Waals surface area contributed by atoms with Crippen LogP contribution in [0.5, 0.6) is 0 Å². The molecule has 1 fully saturated rings. The molecular formula is C12H16ClNS. The largest absolute Gasteiger partial charge is 0.330 e. The lowest BCUT2D eigenvalue weighted by Gasteiger charge is -2.30. The molecule has 1 nitrogen and oxygen atoms in total. The molecule has 2 atom stereocenters. The third-order valence-electron chi connectivity index (χ3n) is 3.05. The van der Waals surface area contributed by atoms with E-state index >= 15 is 0 Å². The summed E-state index contributed by atoms with van der Waals surface area (Å²) in [7, 11) is 0. The maximum absolute atomic E-state index is 6.02. The molecule has 0 spiro atoms. The van der Waals surface area contributed by atoms with Crippen LogP contribution in [0.4, 0.5) is 0 Å². The van der Waals surface area contributed by atoms with Crippen molar-refractivity contribution in [1.82, 2.24) is 0 Å². The molecule has 3 heteroatoms. The van der Waals surface area contributed by atoms with Gasteiger partial charge in [0.1, 0.15) is 0 Å². The van der Waals surface area contributed by atoms with E-state index in [0.29, 0.717) is 11.8 Å². The van der Waals surface area contributed by atoms with Gasteiger partial charge in [0.15, 0.2) is 0 Å². The number of rotatable bonds is 2. The van der Waals surface area contributed by atoms with Gasteiger partial charge in [-0.05, 0) is 54.0 Å². The lowest BCUT2D eigenvalue weighted by atomic mass is 9.85. The minimum Gasteiger partial charge on any atom is -0.330 e. The summed E-state index contributed by atoms with van der Waals surface area (Å²) in [5.74, 6) is 3.65. The molecule has 0 amide bonds. The molecule has 2 N–H and O–H groups in total. The predicted molar refractivity (Wildman–Crippen MR) is 68.7 cm³/mol. The third kappa shape index (κ3) is 2.68. The summed E-state index contributed by atoms with van der Waals surface area (Å²) in [6.07, 6.45) is 1.23. The highest BCUT2D eigenvalue weighted by Crippen LogP contribution is 2.36. The van der Waals surface area contributed by atoms with E-state index in [9.17, 15) is 0 Å². The first-order chi connectivity index (χ1) is 7.31. The maximum atomic E-state index is 6.02. The van der Waals surface area contributed by atoms with Crippen LogP contribution in [-0.4, -0.2) is 18.1 Å². The van der Waals surface area contributed by atoms with Gasteiger partial charge in [-0.25, -0.2) is 0 Å². The predicted octanol–water partition coefficient (Wildman–Crippen LogP) is 3.14. The number of benzene rings is 1. The highest BCUT2D eigenvalue weighted by Gasteiger charge is 2.25.